The van der Waals surface area contributed by atoms with Crippen LogP contribution in [0.4, 0.5) is 4.79 Å². The van der Waals surface area contributed by atoms with Crippen LogP contribution in [-0.2, 0) is 9.53 Å². The first-order chi connectivity index (χ1) is 15.4. The molecule has 0 unspecified atom stereocenters. The summed E-state index contributed by atoms with van der Waals surface area (Å²) in [4.78, 5) is 27.1. The predicted molar refractivity (Wildman–Crippen MR) is 119 cm³/mol. The van der Waals surface area contributed by atoms with Gasteiger partial charge in [-0.3, -0.25) is 4.90 Å². The third-order valence-corrected chi connectivity index (χ3v) is 5.33. The predicted octanol–water partition coefficient (Wildman–Crippen LogP) is 3.95. The van der Waals surface area contributed by atoms with Gasteiger partial charge in [-0.05, 0) is 36.8 Å². The van der Waals surface area contributed by atoms with Gasteiger partial charge in [0, 0.05) is 7.05 Å². The van der Waals surface area contributed by atoms with Crippen LogP contribution in [0.25, 0.3) is 0 Å². The molecule has 1 aliphatic heterocycles. The minimum Gasteiger partial charge on any atom is -0.493 e. The highest BCUT2D eigenvalue weighted by Gasteiger charge is 2.37. The number of carbonyl (C=O) groups is 2. The summed E-state index contributed by atoms with van der Waals surface area (Å²) < 4.78 is 21.8. The van der Waals surface area contributed by atoms with Crippen molar-refractivity contribution in [1.82, 2.24) is 10.2 Å². The number of methoxy groups -OCH3 is 2. The number of para-hydroxylation sites is 1. The van der Waals surface area contributed by atoms with Crippen molar-refractivity contribution < 1.29 is 28.5 Å². The Labute approximate surface area is 191 Å². The van der Waals surface area contributed by atoms with E-state index in [0.29, 0.717) is 33.5 Å². The van der Waals surface area contributed by atoms with Crippen LogP contribution in [0.2, 0.25) is 5.02 Å². The van der Waals surface area contributed by atoms with Crippen LogP contribution < -0.4 is 19.5 Å². The van der Waals surface area contributed by atoms with E-state index < -0.39 is 18.0 Å². The number of benzene rings is 2. The van der Waals surface area contributed by atoms with Gasteiger partial charge in [0.1, 0.15) is 12.4 Å². The number of hydrogen-bond acceptors (Lipinski definition) is 6. The fraction of sp³-hybridized carbons (Fsp3) is 0.304. The monoisotopic (exact) mass is 460 g/mol. The van der Waals surface area contributed by atoms with Crippen LogP contribution in [0.5, 0.6) is 17.2 Å². The zero-order valence-corrected chi connectivity index (χ0v) is 19.1. The Morgan fingerprint density at radius 1 is 1.09 bits per heavy atom. The number of carbonyl (C=O) groups excluding carboxylic acids is 2. The summed E-state index contributed by atoms with van der Waals surface area (Å²) in [5.74, 6) is 0.874. The molecule has 2 aromatic rings. The Morgan fingerprint density at radius 2 is 1.81 bits per heavy atom. The topological polar surface area (TPSA) is 86.3 Å². The Balaban J connectivity index is 2.08. The van der Waals surface area contributed by atoms with E-state index in [2.05, 4.69) is 5.32 Å². The quantitative estimate of drug-likeness (QED) is 0.600. The zero-order chi connectivity index (χ0) is 23.3. The number of hydrogen-bond donors (Lipinski definition) is 1. The smallest absolute Gasteiger partial charge is 0.338 e. The molecule has 1 aliphatic rings. The average molecular weight is 461 g/mol. The molecule has 1 heterocycles. The Hall–Kier alpha value is -3.39. The molecule has 0 spiro atoms. The second-order valence-electron chi connectivity index (χ2n) is 6.86. The standard InChI is InChI=1S/C23H25ClN2O6/c1-5-31-22(27)20-16(13-32-17-9-7-6-8-15(17)24)26(2)23(28)25-21(20)14-10-11-18(29-3)19(12-14)30-4/h6-12,21H,5,13H2,1-4H3,(H,25,28)/t21-/m1/s1. The maximum Gasteiger partial charge on any atom is 0.338 e. The van der Waals surface area contributed by atoms with Gasteiger partial charge in [0.15, 0.2) is 11.5 Å². The molecule has 0 saturated carbocycles. The minimum atomic E-state index is -0.776. The number of esters is 1. The highest BCUT2D eigenvalue weighted by molar-refractivity contribution is 6.32. The van der Waals surface area contributed by atoms with E-state index in [9.17, 15) is 9.59 Å². The Bertz CT molecular complexity index is 1040. The summed E-state index contributed by atoms with van der Waals surface area (Å²) in [7, 11) is 4.60. The van der Waals surface area contributed by atoms with Crippen LogP contribution in [0.3, 0.4) is 0 Å². The van der Waals surface area contributed by atoms with Crippen molar-refractivity contribution in [3.05, 3.63) is 64.3 Å². The lowest BCUT2D eigenvalue weighted by Crippen LogP contribution is -2.48. The van der Waals surface area contributed by atoms with Crippen molar-refractivity contribution in [2.45, 2.75) is 13.0 Å². The number of halogens is 1. The fourth-order valence-corrected chi connectivity index (χ4v) is 3.56. The van der Waals surface area contributed by atoms with Gasteiger partial charge in [-0.2, -0.15) is 0 Å². The lowest BCUT2D eigenvalue weighted by molar-refractivity contribution is -0.139. The normalized spacial score (nSPS) is 15.8. The van der Waals surface area contributed by atoms with Gasteiger partial charge in [0.2, 0.25) is 0 Å². The number of urea groups is 1. The number of nitrogens with zero attached hydrogens (tertiary/aromatic N) is 1. The number of amides is 2. The molecule has 0 aliphatic carbocycles. The molecular weight excluding hydrogens is 436 g/mol. The van der Waals surface area contributed by atoms with Gasteiger partial charge in [0.25, 0.3) is 0 Å². The Morgan fingerprint density at radius 3 is 2.47 bits per heavy atom. The molecule has 8 nitrogen and oxygen atoms in total. The van der Waals surface area contributed by atoms with Crippen molar-refractivity contribution in [3.63, 3.8) is 0 Å². The van der Waals surface area contributed by atoms with Crippen molar-refractivity contribution >= 4 is 23.6 Å². The first-order valence-electron chi connectivity index (χ1n) is 9.94. The molecule has 0 radical (unpaired) electrons. The summed E-state index contributed by atoms with van der Waals surface area (Å²) >= 11 is 6.19. The van der Waals surface area contributed by atoms with E-state index in [4.69, 9.17) is 30.5 Å². The van der Waals surface area contributed by atoms with Crippen LogP contribution in [-0.4, -0.2) is 51.4 Å². The molecule has 2 amide bonds. The summed E-state index contributed by atoms with van der Waals surface area (Å²) in [5, 5.41) is 3.27. The van der Waals surface area contributed by atoms with Crippen molar-refractivity contribution in [3.8, 4) is 17.2 Å². The van der Waals surface area contributed by atoms with Crippen LogP contribution >= 0.6 is 11.6 Å². The number of rotatable bonds is 8. The molecule has 0 saturated heterocycles. The molecule has 1 N–H and O–H groups in total. The SMILES string of the molecule is CCOC(=O)C1=C(COc2ccccc2Cl)N(C)C(=O)N[C@@H]1c1ccc(OC)c(OC)c1. The first-order valence-corrected chi connectivity index (χ1v) is 10.3. The molecule has 0 fully saturated rings. The van der Waals surface area contributed by atoms with Crippen molar-refractivity contribution in [1.29, 1.82) is 0 Å². The molecular formula is C23H25ClN2O6. The van der Waals surface area contributed by atoms with E-state index in [0.717, 1.165) is 0 Å². The first kappa shape index (κ1) is 23.3. The fourth-order valence-electron chi connectivity index (χ4n) is 3.37. The van der Waals surface area contributed by atoms with E-state index in [1.54, 1.807) is 56.4 Å². The molecule has 3 rings (SSSR count). The van der Waals surface area contributed by atoms with Crippen LogP contribution in [0.1, 0.15) is 18.5 Å². The summed E-state index contributed by atoms with van der Waals surface area (Å²) in [5.41, 5.74) is 1.25. The lowest BCUT2D eigenvalue weighted by Gasteiger charge is -2.34. The van der Waals surface area contributed by atoms with Gasteiger partial charge in [-0.15, -0.1) is 0 Å². The van der Waals surface area contributed by atoms with Crippen LogP contribution in [0, 0.1) is 0 Å². The number of ether oxygens (including phenoxy) is 4. The second kappa shape index (κ2) is 10.3. The average Bonchev–Trinajstić information content (AvgIpc) is 2.80. The second-order valence-corrected chi connectivity index (χ2v) is 7.26. The van der Waals surface area contributed by atoms with E-state index in [1.807, 2.05) is 0 Å². The van der Waals surface area contributed by atoms with Gasteiger partial charge in [0.05, 0.1) is 43.2 Å². The highest BCUT2D eigenvalue weighted by atomic mass is 35.5. The maximum absolute atomic E-state index is 13.0. The molecule has 32 heavy (non-hydrogen) atoms. The van der Waals surface area contributed by atoms with E-state index in [1.165, 1.54) is 19.1 Å². The third-order valence-electron chi connectivity index (χ3n) is 5.01. The van der Waals surface area contributed by atoms with Gasteiger partial charge < -0.3 is 24.3 Å². The number of nitrogens with one attached hydrogen (secondary N) is 1. The van der Waals surface area contributed by atoms with E-state index >= 15 is 0 Å². The number of likely N-dealkylation sites (N-methyl/N-ethyl adjacent to an activating group) is 1. The summed E-state index contributed by atoms with van der Waals surface area (Å²) in [6.07, 6.45) is 0. The highest BCUT2D eigenvalue weighted by Crippen LogP contribution is 2.36. The molecule has 0 aromatic heterocycles. The maximum atomic E-state index is 13.0. The molecule has 9 heteroatoms. The van der Waals surface area contributed by atoms with Crippen molar-refractivity contribution in [2.75, 3.05) is 34.5 Å². The molecule has 2 aromatic carbocycles. The largest absolute Gasteiger partial charge is 0.493 e. The lowest BCUT2D eigenvalue weighted by atomic mass is 9.94. The third kappa shape index (κ3) is 4.75. The van der Waals surface area contributed by atoms with Crippen LogP contribution in [0.15, 0.2) is 53.7 Å². The summed E-state index contributed by atoms with van der Waals surface area (Å²) in [6.45, 7) is 1.83. The van der Waals surface area contributed by atoms with Gasteiger partial charge in [-0.1, -0.05) is 29.8 Å². The minimum absolute atomic E-state index is 0.0639. The van der Waals surface area contributed by atoms with Gasteiger partial charge >= 0.3 is 12.0 Å². The zero-order valence-electron chi connectivity index (χ0n) is 18.3. The molecule has 1 atom stereocenters. The van der Waals surface area contributed by atoms with Gasteiger partial charge in [-0.25, -0.2) is 9.59 Å². The Kier molecular flexibility index (Phi) is 7.48. The van der Waals surface area contributed by atoms with Crippen molar-refractivity contribution in [2.24, 2.45) is 0 Å². The molecule has 0 bridgehead atoms. The summed E-state index contributed by atoms with van der Waals surface area (Å²) in [6, 6.07) is 11.0. The van der Waals surface area contributed by atoms with E-state index in [-0.39, 0.29) is 18.8 Å². The molecule has 170 valence electrons.